The molecule has 0 bridgehead atoms. The molecule has 0 atom stereocenters. The number of aromatic amines is 1. The van der Waals surface area contributed by atoms with Crippen molar-refractivity contribution in [1.82, 2.24) is 15.4 Å². The van der Waals surface area contributed by atoms with Gasteiger partial charge in [0, 0.05) is 10.6 Å². The van der Waals surface area contributed by atoms with Crippen LogP contribution in [0.15, 0.2) is 29.8 Å². The number of carboxylic acid groups (broad SMARTS) is 1. The molecule has 0 amide bonds. The van der Waals surface area contributed by atoms with E-state index in [0.717, 1.165) is 0 Å². The van der Waals surface area contributed by atoms with Crippen molar-refractivity contribution in [2.24, 2.45) is 0 Å². The Kier molecular flexibility index (Phi) is 5.66. The molecule has 1 aromatic heterocycles. The molecule has 11 heteroatoms. The van der Waals surface area contributed by atoms with Gasteiger partial charge in [0.25, 0.3) is 0 Å². The van der Waals surface area contributed by atoms with Gasteiger partial charge in [0.15, 0.2) is 11.3 Å². The van der Waals surface area contributed by atoms with Gasteiger partial charge in [-0.1, -0.05) is 23.7 Å². The number of hydrogen-bond acceptors (Lipinski definition) is 5. The summed E-state index contributed by atoms with van der Waals surface area (Å²) in [5.41, 5.74) is -3.93. The SMILES string of the molecule is CCOC(=O)/C(C(=O)O)=C(\c1ccc(Cl)cc1)c1n[nH]nc1C(F)(F)F. The fraction of sp³-hybridized carbons (Fsp3) is 0.200. The first-order valence-electron chi connectivity index (χ1n) is 7.05. The molecule has 0 spiro atoms. The predicted octanol–water partition coefficient (Wildman–Crippen LogP) is 2.93. The number of rotatable bonds is 5. The zero-order chi connectivity index (χ0) is 19.5. The topological polar surface area (TPSA) is 105 Å². The normalized spacial score (nSPS) is 12.5. The highest BCUT2D eigenvalue weighted by molar-refractivity contribution is 6.30. The van der Waals surface area contributed by atoms with Gasteiger partial charge in [-0.05, 0) is 24.6 Å². The first kappa shape index (κ1) is 19.4. The van der Waals surface area contributed by atoms with Crippen LogP contribution in [0.5, 0.6) is 0 Å². The fourth-order valence-corrected chi connectivity index (χ4v) is 2.24. The molecule has 2 aromatic rings. The Morgan fingerprint density at radius 2 is 1.85 bits per heavy atom. The number of nitrogens with one attached hydrogen (secondary N) is 1. The second-order valence-corrected chi connectivity index (χ2v) is 5.24. The average molecular weight is 390 g/mol. The second-order valence-electron chi connectivity index (χ2n) is 4.80. The van der Waals surface area contributed by atoms with Crippen LogP contribution in [0.3, 0.4) is 0 Å². The number of benzene rings is 1. The molecule has 0 aliphatic carbocycles. The number of ether oxygens (including phenoxy) is 1. The lowest BCUT2D eigenvalue weighted by molar-refractivity contribution is -0.144. The van der Waals surface area contributed by atoms with Gasteiger partial charge in [-0.2, -0.15) is 28.6 Å². The molecule has 0 saturated carbocycles. The summed E-state index contributed by atoms with van der Waals surface area (Å²) in [6, 6.07) is 5.17. The van der Waals surface area contributed by atoms with Crippen molar-refractivity contribution in [3.05, 3.63) is 51.8 Å². The highest BCUT2D eigenvalue weighted by Crippen LogP contribution is 2.36. The zero-order valence-corrected chi connectivity index (χ0v) is 13.9. The molecule has 0 fully saturated rings. The first-order valence-corrected chi connectivity index (χ1v) is 7.43. The molecule has 0 aliphatic heterocycles. The van der Waals surface area contributed by atoms with Crippen LogP contribution in [0.25, 0.3) is 5.57 Å². The lowest BCUT2D eigenvalue weighted by Gasteiger charge is -2.13. The second kappa shape index (κ2) is 7.56. The van der Waals surface area contributed by atoms with Crippen LogP contribution < -0.4 is 0 Å². The largest absolute Gasteiger partial charge is 0.477 e. The minimum absolute atomic E-state index is 0.0285. The van der Waals surface area contributed by atoms with Crippen molar-refractivity contribution < 1.29 is 32.6 Å². The van der Waals surface area contributed by atoms with Gasteiger partial charge in [0.2, 0.25) is 0 Å². The van der Waals surface area contributed by atoms with E-state index in [0.29, 0.717) is 0 Å². The standard InChI is InChI=1S/C15H11ClF3N3O4/c1-2-26-14(25)10(13(23)24)9(7-3-5-8(16)6-4-7)11-12(15(17,18)19)21-22-20-11/h3-6H,2H2,1H3,(H,23,24)(H,20,21,22)/b10-9+. The maximum Gasteiger partial charge on any atom is 0.437 e. The Morgan fingerprint density at radius 3 is 2.35 bits per heavy atom. The number of aromatic nitrogens is 3. The van der Waals surface area contributed by atoms with Crippen LogP contribution in [0.4, 0.5) is 13.2 Å². The number of hydrogen-bond donors (Lipinski definition) is 2. The summed E-state index contributed by atoms with van der Waals surface area (Å²) in [6.07, 6.45) is -4.93. The van der Waals surface area contributed by atoms with E-state index in [9.17, 15) is 27.9 Å². The zero-order valence-electron chi connectivity index (χ0n) is 13.1. The third-order valence-corrected chi connectivity index (χ3v) is 3.38. The van der Waals surface area contributed by atoms with Crippen molar-refractivity contribution in [3.63, 3.8) is 0 Å². The third-order valence-electron chi connectivity index (χ3n) is 3.13. The predicted molar refractivity (Wildman–Crippen MR) is 83.1 cm³/mol. The molecule has 0 saturated heterocycles. The van der Waals surface area contributed by atoms with E-state index in [1.807, 2.05) is 0 Å². The van der Waals surface area contributed by atoms with Crippen molar-refractivity contribution >= 4 is 29.1 Å². The number of carbonyl (C=O) groups is 2. The third kappa shape index (κ3) is 4.02. The summed E-state index contributed by atoms with van der Waals surface area (Å²) in [6.45, 7) is 1.25. The molecule has 1 heterocycles. The Morgan fingerprint density at radius 1 is 1.23 bits per heavy atom. The molecule has 0 aliphatic rings. The molecule has 7 nitrogen and oxygen atoms in total. The van der Waals surface area contributed by atoms with E-state index in [1.165, 1.54) is 31.2 Å². The maximum atomic E-state index is 13.2. The van der Waals surface area contributed by atoms with Gasteiger partial charge in [0.1, 0.15) is 5.69 Å². The van der Waals surface area contributed by atoms with Crippen LogP contribution in [0.1, 0.15) is 23.9 Å². The number of carboxylic acids is 1. The van der Waals surface area contributed by atoms with E-state index in [2.05, 4.69) is 14.9 Å². The number of halogens is 4. The van der Waals surface area contributed by atoms with Crippen LogP contribution in [0.2, 0.25) is 5.02 Å². The molecule has 26 heavy (non-hydrogen) atoms. The summed E-state index contributed by atoms with van der Waals surface area (Å²) in [7, 11) is 0. The van der Waals surface area contributed by atoms with Crippen LogP contribution in [-0.2, 0) is 20.5 Å². The Hall–Kier alpha value is -2.88. The molecule has 2 N–H and O–H groups in total. The Balaban J connectivity index is 2.85. The number of esters is 1. The van der Waals surface area contributed by atoms with Crippen LogP contribution >= 0.6 is 11.6 Å². The van der Waals surface area contributed by atoms with Crippen molar-refractivity contribution in [2.45, 2.75) is 13.1 Å². The molecular formula is C15H11ClF3N3O4. The minimum Gasteiger partial charge on any atom is -0.477 e. The summed E-state index contributed by atoms with van der Waals surface area (Å²) in [4.78, 5) is 23.7. The van der Waals surface area contributed by atoms with Crippen molar-refractivity contribution in [1.29, 1.82) is 0 Å². The van der Waals surface area contributed by atoms with E-state index in [4.69, 9.17) is 11.6 Å². The van der Waals surface area contributed by atoms with Crippen molar-refractivity contribution in [3.8, 4) is 0 Å². The van der Waals surface area contributed by atoms with E-state index in [1.54, 1.807) is 5.21 Å². The van der Waals surface area contributed by atoms with E-state index in [-0.39, 0.29) is 17.2 Å². The highest BCUT2D eigenvalue weighted by atomic mass is 35.5. The molecule has 2 rings (SSSR count). The van der Waals surface area contributed by atoms with Gasteiger partial charge < -0.3 is 9.84 Å². The Bertz CT molecular complexity index is 860. The maximum absolute atomic E-state index is 13.2. The quantitative estimate of drug-likeness (QED) is 0.352. The molecule has 138 valence electrons. The molecule has 1 aromatic carbocycles. The van der Waals surface area contributed by atoms with E-state index >= 15 is 0 Å². The summed E-state index contributed by atoms with van der Waals surface area (Å²) in [5.74, 6) is -3.08. The average Bonchev–Trinajstić information content (AvgIpc) is 3.02. The Labute approximate surface area is 149 Å². The summed E-state index contributed by atoms with van der Waals surface area (Å²) < 4.78 is 44.3. The monoisotopic (exact) mass is 389 g/mol. The smallest absolute Gasteiger partial charge is 0.437 e. The lowest BCUT2D eigenvalue weighted by atomic mass is 9.95. The van der Waals surface area contributed by atoms with Gasteiger partial charge in [-0.25, -0.2) is 9.59 Å². The molecular weight excluding hydrogens is 379 g/mol. The van der Waals surface area contributed by atoms with Crippen molar-refractivity contribution in [2.75, 3.05) is 6.61 Å². The lowest BCUT2D eigenvalue weighted by Crippen LogP contribution is -2.19. The highest BCUT2D eigenvalue weighted by Gasteiger charge is 2.40. The summed E-state index contributed by atoms with van der Waals surface area (Å²) in [5, 5.41) is 17.9. The number of aliphatic carboxylic acids is 1. The number of H-pyrrole nitrogens is 1. The van der Waals surface area contributed by atoms with Gasteiger partial charge >= 0.3 is 18.1 Å². The van der Waals surface area contributed by atoms with Crippen LogP contribution in [0, 0.1) is 0 Å². The fourth-order valence-electron chi connectivity index (χ4n) is 2.12. The summed E-state index contributed by atoms with van der Waals surface area (Å²) >= 11 is 5.76. The van der Waals surface area contributed by atoms with E-state index < -0.39 is 40.6 Å². The molecule has 0 radical (unpaired) electrons. The van der Waals surface area contributed by atoms with Gasteiger partial charge in [-0.15, -0.1) is 0 Å². The first-order chi connectivity index (χ1) is 12.2. The molecule has 0 unspecified atom stereocenters. The van der Waals surface area contributed by atoms with Gasteiger partial charge in [-0.3, -0.25) is 0 Å². The number of alkyl halides is 3. The minimum atomic E-state index is -4.93. The number of carbonyl (C=O) groups excluding carboxylic acids is 1. The van der Waals surface area contributed by atoms with Gasteiger partial charge in [0.05, 0.1) is 6.61 Å². The number of nitrogens with zero attached hydrogens (tertiary/aromatic N) is 2. The van der Waals surface area contributed by atoms with Crippen LogP contribution in [-0.4, -0.2) is 39.1 Å².